The number of hydrogen-bond acceptors (Lipinski definition) is 1. The number of benzene rings is 1. The number of halogens is 1. The first-order valence-electron chi connectivity index (χ1n) is 6.19. The molecule has 1 aliphatic carbocycles. The van der Waals surface area contributed by atoms with E-state index < -0.39 is 5.97 Å². The maximum absolute atomic E-state index is 10.5. The van der Waals surface area contributed by atoms with E-state index in [0.29, 0.717) is 0 Å². The summed E-state index contributed by atoms with van der Waals surface area (Å²) >= 11 is 3.64. The summed E-state index contributed by atoms with van der Waals surface area (Å²) < 4.78 is 1.21. The lowest BCUT2D eigenvalue weighted by atomic mass is 9.89. The van der Waals surface area contributed by atoms with E-state index in [1.54, 1.807) is 0 Å². The molecule has 0 aromatic heterocycles. The zero-order chi connectivity index (χ0) is 12.3. The van der Waals surface area contributed by atoms with Crippen molar-refractivity contribution in [2.24, 2.45) is 0 Å². The number of carbonyl (C=O) groups is 1. The van der Waals surface area contributed by atoms with Crippen LogP contribution in [0.4, 0.5) is 0 Å². The molecule has 0 saturated heterocycles. The topological polar surface area (TPSA) is 37.3 Å². The zero-order valence-corrected chi connectivity index (χ0v) is 11.4. The van der Waals surface area contributed by atoms with Crippen molar-refractivity contribution in [3.05, 3.63) is 33.3 Å². The highest BCUT2D eigenvalue weighted by Gasteiger charge is 2.13. The Morgan fingerprint density at radius 2 is 2.06 bits per heavy atom. The molecule has 17 heavy (non-hydrogen) atoms. The van der Waals surface area contributed by atoms with E-state index in [1.807, 2.05) is 0 Å². The van der Waals surface area contributed by atoms with E-state index in [4.69, 9.17) is 5.11 Å². The molecule has 92 valence electrons. The Labute approximate surface area is 110 Å². The van der Waals surface area contributed by atoms with Gasteiger partial charge in [0.15, 0.2) is 0 Å². The van der Waals surface area contributed by atoms with Gasteiger partial charge in [0.2, 0.25) is 0 Å². The van der Waals surface area contributed by atoms with Gasteiger partial charge in [0.1, 0.15) is 0 Å². The monoisotopic (exact) mass is 296 g/mol. The number of aliphatic carboxylic acids is 1. The molecule has 0 atom stereocenters. The molecule has 2 rings (SSSR count). The van der Waals surface area contributed by atoms with Crippen LogP contribution in [0.5, 0.6) is 0 Å². The van der Waals surface area contributed by atoms with Gasteiger partial charge in [0, 0.05) is 10.9 Å². The van der Waals surface area contributed by atoms with Crippen LogP contribution in [-0.4, -0.2) is 11.1 Å². The summed E-state index contributed by atoms with van der Waals surface area (Å²) in [7, 11) is 0. The van der Waals surface area contributed by atoms with E-state index in [0.717, 1.165) is 12.8 Å². The molecule has 0 unspecified atom stereocenters. The minimum absolute atomic E-state index is 0.259. The van der Waals surface area contributed by atoms with Crippen LogP contribution in [0.25, 0.3) is 0 Å². The third kappa shape index (κ3) is 3.32. The maximum Gasteiger partial charge on any atom is 0.303 e. The van der Waals surface area contributed by atoms with Crippen LogP contribution < -0.4 is 0 Å². The molecule has 0 saturated carbocycles. The Hall–Kier alpha value is -0.830. The summed E-state index contributed by atoms with van der Waals surface area (Å²) in [6, 6.07) is 4.42. The summed E-state index contributed by atoms with van der Waals surface area (Å²) in [5, 5.41) is 8.63. The van der Waals surface area contributed by atoms with Gasteiger partial charge in [-0.15, -0.1) is 0 Å². The first-order valence-corrected chi connectivity index (χ1v) is 6.98. The van der Waals surface area contributed by atoms with Crippen LogP contribution in [-0.2, 0) is 24.1 Å². The molecule has 0 heterocycles. The van der Waals surface area contributed by atoms with E-state index in [1.165, 1.54) is 46.8 Å². The van der Waals surface area contributed by atoms with Crippen molar-refractivity contribution in [1.29, 1.82) is 0 Å². The Balaban J connectivity index is 2.08. The SMILES string of the molecule is O=C(O)CCCc1cc(Br)c2c(c1)CCCC2. The summed E-state index contributed by atoms with van der Waals surface area (Å²) in [4.78, 5) is 10.5. The second kappa shape index (κ2) is 5.67. The van der Waals surface area contributed by atoms with E-state index in [-0.39, 0.29) is 6.42 Å². The molecule has 1 aromatic rings. The summed E-state index contributed by atoms with van der Waals surface area (Å²) in [6.45, 7) is 0. The van der Waals surface area contributed by atoms with Crippen molar-refractivity contribution in [2.45, 2.75) is 44.9 Å². The van der Waals surface area contributed by atoms with Crippen LogP contribution in [0.15, 0.2) is 16.6 Å². The first-order chi connectivity index (χ1) is 8.16. The van der Waals surface area contributed by atoms with Crippen molar-refractivity contribution in [3.63, 3.8) is 0 Å². The van der Waals surface area contributed by atoms with Crippen LogP contribution in [0, 0.1) is 0 Å². The summed E-state index contributed by atoms with van der Waals surface area (Å²) in [5.74, 6) is -0.706. The van der Waals surface area contributed by atoms with Gasteiger partial charge in [-0.2, -0.15) is 0 Å². The van der Waals surface area contributed by atoms with Crippen molar-refractivity contribution < 1.29 is 9.90 Å². The van der Waals surface area contributed by atoms with Crippen molar-refractivity contribution in [1.82, 2.24) is 0 Å². The highest BCUT2D eigenvalue weighted by atomic mass is 79.9. The number of hydrogen-bond donors (Lipinski definition) is 1. The average molecular weight is 297 g/mol. The van der Waals surface area contributed by atoms with Gasteiger partial charge in [-0.05, 0) is 61.3 Å². The molecule has 0 aliphatic heterocycles. The van der Waals surface area contributed by atoms with Gasteiger partial charge in [-0.1, -0.05) is 22.0 Å². The lowest BCUT2D eigenvalue weighted by Crippen LogP contribution is -2.05. The number of rotatable bonds is 4. The highest BCUT2D eigenvalue weighted by Crippen LogP contribution is 2.30. The maximum atomic E-state index is 10.5. The Bertz CT molecular complexity index is 426. The van der Waals surface area contributed by atoms with Gasteiger partial charge in [-0.25, -0.2) is 0 Å². The van der Waals surface area contributed by atoms with Crippen molar-refractivity contribution in [2.75, 3.05) is 0 Å². The molecule has 0 amide bonds. The molecule has 1 aromatic carbocycles. The molecule has 0 spiro atoms. The Morgan fingerprint density at radius 3 is 2.82 bits per heavy atom. The fourth-order valence-corrected chi connectivity index (χ4v) is 3.21. The largest absolute Gasteiger partial charge is 0.481 e. The van der Waals surface area contributed by atoms with Gasteiger partial charge >= 0.3 is 5.97 Å². The minimum atomic E-state index is -0.706. The smallest absolute Gasteiger partial charge is 0.303 e. The van der Waals surface area contributed by atoms with Gasteiger partial charge in [-0.3, -0.25) is 4.79 Å². The molecule has 1 N–H and O–H groups in total. The normalized spacial score (nSPS) is 14.4. The summed E-state index contributed by atoms with van der Waals surface area (Å²) in [5.41, 5.74) is 4.17. The predicted molar refractivity (Wildman–Crippen MR) is 71.4 cm³/mol. The van der Waals surface area contributed by atoms with E-state index in [2.05, 4.69) is 28.1 Å². The fourth-order valence-electron chi connectivity index (χ4n) is 2.46. The van der Waals surface area contributed by atoms with Crippen molar-refractivity contribution >= 4 is 21.9 Å². The van der Waals surface area contributed by atoms with Gasteiger partial charge < -0.3 is 5.11 Å². The number of carboxylic acids is 1. The highest BCUT2D eigenvalue weighted by molar-refractivity contribution is 9.10. The predicted octanol–water partition coefficient (Wildman–Crippen LogP) is 3.74. The molecular weight excluding hydrogens is 280 g/mol. The van der Waals surface area contributed by atoms with Crippen LogP contribution >= 0.6 is 15.9 Å². The molecule has 3 heteroatoms. The Morgan fingerprint density at radius 1 is 1.29 bits per heavy atom. The zero-order valence-electron chi connectivity index (χ0n) is 9.84. The van der Waals surface area contributed by atoms with Crippen LogP contribution in [0.2, 0.25) is 0 Å². The standard InChI is InChI=1S/C14H17BrO2/c15-13-9-10(4-3-7-14(16)17)8-11-5-1-2-6-12(11)13/h8-9H,1-7H2,(H,16,17). The molecule has 1 aliphatic rings. The van der Waals surface area contributed by atoms with Crippen LogP contribution in [0.1, 0.15) is 42.4 Å². The number of carboxylic acid groups (broad SMARTS) is 1. The second-order valence-electron chi connectivity index (χ2n) is 4.67. The second-order valence-corrected chi connectivity index (χ2v) is 5.52. The quantitative estimate of drug-likeness (QED) is 0.919. The van der Waals surface area contributed by atoms with Crippen molar-refractivity contribution in [3.8, 4) is 0 Å². The molecule has 2 nitrogen and oxygen atoms in total. The van der Waals surface area contributed by atoms with Crippen LogP contribution in [0.3, 0.4) is 0 Å². The Kier molecular flexibility index (Phi) is 4.21. The third-order valence-electron chi connectivity index (χ3n) is 3.33. The fraction of sp³-hybridized carbons (Fsp3) is 0.500. The lowest BCUT2D eigenvalue weighted by molar-refractivity contribution is -0.137. The molecule has 0 bridgehead atoms. The van der Waals surface area contributed by atoms with E-state index in [9.17, 15) is 4.79 Å². The number of aryl methyl sites for hydroxylation is 2. The molecule has 0 fully saturated rings. The third-order valence-corrected chi connectivity index (χ3v) is 4.03. The lowest BCUT2D eigenvalue weighted by Gasteiger charge is -2.18. The van der Waals surface area contributed by atoms with Gasteiger partial charge in [0.05, 0.1) is 0 Å². The van der Waals surface area contributed by atoms with Gasteiger partial charge in [0.25, 0.3) is 0 Å². The first kappa shape index (κ1) is 12.6. The van der Waals surface area contributed by atoms with E-state index >= 15 is 0 Å². The average Bonchev–Trinajstić information content (AvgIpc) is 2.28. The summed E-state index contributed by atoms with van der Waals surface area (Å²) in [6.07, 6.45) is 6.74. The molecule has 0 radical (unpaired) electrons. The minimum Gasteiger partial charge on any atom is -0.481 e. The number of fused-ring (bicyclic) bond motifs is 1. The molecular formula is C14H17BrO2.